The van der Waals surface area contributed by atoms with E-state index in [0.717, 1.165) is 3.58 Å². The highest BCUT2D eigenvalue weighted by molar-refractivity contribution is 14.1. The van der Waals surface area contributed by atoms with Gasteiger partial charge in [0, 0.05) is 5.54 Å². The molecule has 1 unspecified atom stereocenters. The zero-order valence-electron chi connectivity index (χ0n) is 8.07. The summed E-state index contributed by atoms with van der Waals surface area (Å²) in [5, 5.41) is 2.90. The molecule has 1 amide bonds. The fraction of sp³-hybridized carbons (Fsp3) is 0.667. The van der Waals surface area contributed by atoms with Gasteiger partial charge in [-0.15, -0.1) is 0 Å². The van der Waals surface area contributed by atoms with Gasteiger partial charge in [-0.2, -0.15) is 0 Å². The molecule has 70 valence electrons. The molecule has 0 aromatic carbocycles. The maximum absolute atomic E-state index is 11.4. The molecule has 0 radical (unpaired) electrons. The molecule has 0 rings (SSSR count). The third-order valence-electron chi connectivity index (χ3n) is 1.36. The molecule has 12 heavy (non-hydrogen) atoms. The number of amides is 1. The summed E-state index contributed by atoms with van der Waals surface area (Å²) in [5.41, 5.74) is -0.155. The van der Waals surface area contributed by atoms with E-state index in [0.29, 0.717) is 0 Å². The maximum atomic E-state index is 11.4. The van der Waals surface area contributed by atoms with E-state index in [1.54, 1.807) is 0 Å². The van der Waals surface area contributed by atoms with Crippen molar-refractivity contribution in [2.75, 3.05) is 0 Å². The summed E-state index contributed by atoms with van der Waals surface area (Å²) < 4.78 is 0.870. The van der Waals surface area contributed by atoms with Crippen LogP contribution in [0.25, 0.3) is 0 Å². The van der Waals surface area contributed by atoms with E-state index in [4.69, 9.17) is 0 Å². The van der Waals surface area contributed by atoms with Crippen LogP contribution in [0.2, 0.25) is 0 Å². The van der Waals surface area contributed by atoms with Crippen molar-refractivity contribution in [1.29, 1.82) is 0 Å². The van der Waals surface area contributed by atoms with Crippen LogP contribution in [0.5, 0.6) is 0 Å². The first-order valence-corrected chi connectivity index (χ1v) is 4.98. The van der Waals surface area contributed by atoms with Crippen LogP contribution in [0.3, 0.4) is 0 Å². The molecule has 1 atom stereocenters. The largest absolute Gasteiger partial charge is 0.351 e. The van der Waals surface area contributed by atoms with E-state index in [1.807, 2.05) is 27.7 Å². The first kappa shape index (κ1) is 11.9. The van der Waals surface area contributed by atoms with Crippen molar-refractivity contribution >= 4 is 28.5 Å². The van der Waals surface area contributed by atoms with E-state index in [2.05, 4.69) is 34.5 Å². The van der Waals surface area contributed by atoms with Crippen LogP contribution in [0.1, 0.15) is 27.7 Å². The summed E-state index contributed by atoms with van der Waals surface area (Å²) in [6, 6.07) is 0. The number of hydrogen-bond donors (Lipinski definition) is 1. The van der Waals surface area contributed by atoms with E-state index in [9.17, 15) is 4.79 Å². The summed E-state index contributed by atoms with van der Waals surface area (Å²) in [4.78, 5) is 11.4. The van der Waals surface area contributed by atoms with Crippen LogP contribution in [0.15, 0.2) is 10.2 Å². The van der Waals surface area contributed by atoms with Gasteiger partial charge in [0.2, 0.25) is 5.91 Å². The molecule has 3 heteroatoms. The Morgan fingerprint density at radius 3 is 2.17 bits per heavy atom. The van der Waals surface area contributed by atoms with Crippen molar-refractivity contribution in [3.63, 3.8) is 0 Å². The van der Waals surface area contributed by atoms with Crippen molar-refractivity contribution in [3.05, 3.63) is 10.2 Å². The number of halogens is 1. The minimum Gasteiger partial charge on any atom is -0.351 e. The van der Waals surface area contributed by atoms with E-state index < -0.39 is 0 Å². The molecule has 0 aliphatic rings. The van der Waals surface area contributed by atoms with Crippen molar-refractivity contribution in [1.82, 2.24) is 5.32 Å². The highest BCUT2D eigenvalue weighted by Crippen LogP contribution is 2.16. The van der Waals surface area contributed by atoms with Crippen LogP contribution >= 0.6 is 22.6 Å². The zero-order chi connectivity index (χ0) is 9.94. The second kappa shape index (κ2) is 4.25. The molecule has 0 aromatic rings. The van der Waals surface area contributed by atoms with Gasteiger partial charge in [0.05, 0.1) is 5.92 Å². The second-order valence-corrected chi connectivity index (χ2v) is 5.29. The molecular formula is C9H16INO. The zero-order valence-corrected chi connectivity index (χ0v) is 10.2. The van der Waals surface area contributed by atoms with Gasteiger partial charge >= 0.3 is 0 Å². The molecule has 0 fully saturated rings. The third-order valence-corrected chi connectivity index (χ3v) is 2.30. The summed E-state index contributed by atoms with van der Waals surface area (Å²) in [7, 11) is 0. The predicted octanol–water partition coefficient (Wildman–Crippen LogP) is 2.49. The highest BCUT2D eigenvalue weighted by Gasteiger charge is 2.19. The summed E-state index contributed by atoms with van der Waals surface area (Å²) in [5.74, 6) is -0.0632. The second-order valence-electron chi connectivity index (χ2n) is 3.91. The molecule has 0 saturated carbocycles. The number of rotatable bonds is 2. The van der Waals surface area contributed by atoms with Crippen molar-refractivity contribution < 1.29 is 4.79 Å². The van der Waals surface area contributed by atoms with Gasteiger partial charge in [-0.3, -0.25) is 4.79 Å². The number of carbonyl (C=O) groups excluding carboxylic acids is 1. The smallest absolute Gasteiger partial charge is 0.228 e. The Kier molecular flexibility index (Phi) is 4.23. The Morgan fingerprint density at radius 2 is 1.92 bits per heavy atom. The first-order valence-electron chi connectivity index (χ1n) is 3.90. The normalized spacial score (nSPS) is 13.8. The summed E-state index contributed by atoms with van der Waals surface area (Å²) >= 11 is 2.08. The van der Waals surface area contributed by atoms with Gasteiger partial charge in [0.15, 0.2) is 0 Å². The molecule has 0 spiro atoms. The lowest BCUT2D eigenvalue weighted by Crippen LogP contribution is -2.43. The molecular weight excluding hydrogens is 265 g/mol. The standard InChI is InChI=1S/C9H16INO/c1-6(7(2)10)8(12)11-9(3,4)5/h6H,2H2,1,3-5H3,(H,11,12). The fourth-order valence-electron chi connectivity index (χ4n) is 0.620. The molecule has 0 bridgehead atoms. The molecule has 0 heterocycles. The molecule has 0 saturated heterocycles. The van der Waals surface area contributed by atoms with Crippen molar-refractivity contribution in [2.45, 2.75) is 33.2 Å². The Balaban J connectivity index is 4.15. The van der Waals surface area contributed by atoms with Gasteiger partial charge in [-0.05, 0) is 53.9 Å². The van der Waals surface area contributed by atoms with E-state index in [-0.39, 0.29) is 17.4 Å². The van der Waals surface area contributed by atoms with Crippen LogP contribution in [-0.2, 0) is 4.79 Å². The summed E-state index contributed by atoms with van der Waals surface area (Å²) in [6.07, 6.45) is 0. The first-order chi connectivity index (χ1) is 5.24. The minimum absolute atomic E-state index is 0.0434. The highest BCUT2D eigenvalue weighted by atomic mass is 127. The monoisotopic (exact) mass is 281 g/mol. The van der Waals surface area contributed by atoms with Crippen molar-refractivity contribution in [2.24, 2.45) is 5.92 Å². The fourth-order valence-corrected chi connectivity index (χ4v) is 0.903. The van der Waals surface area contributed by atoms with Gasteiger partial charge in [-0.1, -0.05) is 6.58 Å². The lowest BCUT2D eigenvalue weighted by atomic mass is 10.1. The molecule has 0 aliphatic heterocycles. The van der Waals surface area contributed by atoms with Crippen molar-refractivity contribution in [3.8, 4) is 0 Å². The molecule has 2 nitrogen and oxygen atoms in total. The lowest BCUT2D eigenvalue weighted by molar-refractivity contribution is -0.124. The van der Waals surface area contributed by atoms with E-state index in [1.165, 1.54) is 0 Å². The third kappa shape index (κ3) is 4.74. The average Bonchev–Trinajstić information content (AvgIpc) is 1.82. The molecule has 1 N–H and O–H groups in total. The molecule has 0 aliphatic carbocycles. The van der Waals surface area contributed by atoms with Crippen LogP contribution in [0.4, 0.5) is 0 Å². The Bertz CT molecular complexity index is 193. The minimum atomic E-state index is -0.155. The lowest BCUT2D eigenvalue weighted by Gasteiger charge is -2.22. The maximum Gasteiger partial charge on any atom is 0.228 e. The average molecular weight is 281 g/mol. The van der Waals surface area contributed by atoms with E-state index >= 15 is 0 Å². The topological polar surface area (TPSA) is 29.1 Å². The van der Waals surface area contributed by atoms with Gasteiger partial charge in [0.25, 0.3) is 0 Å². The summed E-state index contributed by atoms with van der Waals surface area (Å²) in [6.45, 7) is 11.5. The Morgan fingerprint density at radius 1 is 1.50 bits per heavy atom. The van der Waals surface area contributed by atoms with Gasteiger partial charge < -0.3 is 5.32 Å². The Hall–Kier alpha value is -0.0600. The number of nitrogens with one attached hydrogen (secondary N) is 1. The van der Waals surface area contributed by atoms with Gasteiger partial charge in [0.1, 0.15) is 0 Å². The SMILES string of the molecule is C=C(I)C(C)C(=O)NC(C)(C)C. The van der Waals surface area contributed by atoms with Crippen LogP contribution < -0.4 is 5.32 Å². The number of carbonyl (C=O) groups is 1. The van der Waals surface area contributed by atoms with Crippen LogP contribution in [0, 0.1) is 5.92 Å². The Labute approximate surface area is 87.9 Å². The van der Waals surface area contributed by atoms with Gasteiger partial charge in [-0.25, -0.2) is 0 Å². The number of hydrogen-bond acceptors (Lipinski definition) is 1. The predicted molar refractivity (Wildman–Crippen MR) is 60.2 cm³/mol. The van der Waals surface area contributed by atoms with Crippen LogP contribution in [-0.4, -0.2) is 11.4 Å². The molecule has 0 aromatic heterocycles. The quantitative estimate of drug-likeness (QED) is 0.774.